The first-order valence-electron chi connectivity index (χ1n) is 6.36. The largest absolute Gasteiger partial charge is 0.481 e. The molecule has 0 radical (unpaired) electrons. The standard InChI is InChI=1S/C15H22FNO2/c1-9-5-11(6-10(2)14(9)16)12(17)7-15(3,4)8-13(18)19/h5-6,12H,7-8,17H2,1-4H3,(H,18,19). The number of carbonyl (C=O) groups is 1. The highest BCUT2D eigenvalue weighted by Gasteiger charge is 2.25. The second-order valence-corrected chi connectivity index (χ2v) is 6.01. The van der Waals surface area contributed by atoms with Gasteiger partial charge in [0.25, 0.3) is 0 Å². The van der Waals surface area contributed by atoms with Crippen LogP contribution < -0.4 is 5.73 Å². The van der Waals surface area contributed by atoms with Gasteiger partial charge < -0.3 is 10.8 Å². The zero-order valence-corrected chi connectivity index (χ0v) is 12.0. The van der Waals surface area contributed by atoms with Crippen molar-refractivity contribution in [1.29, 1.82) is 0 Å². The van der Waals surface area contributed by atoms with E-state index < -0.39 is 5.97 Å². The van der Waals surface area contributed by atoms with Gasteiger partial charge in [0.15, 0.2) is 0 Å². The van der Waals surface area contributed by atoms with E-state index in [1.807, 2.05) is 13.8 Å². The van der Waals surface area contributed by atoms with Crippen LogP contribution in [0.3, 0.4) is 0 Å². The number of nitrogens with two attached hydrogens (primary N) is 1. The third-order valence-electron chi connectivity index (χ3n) is 3.29. The molecule has 0 bridgehead atoms. The molecule has 4 heteroatoms. The predicted molar refractivity (Wildman–Crippen MR) is 73.5 cm³/mol. The molecule has 3 nitrogen and oxygen atoms in total. The molecule has 106 valence electrons. The summed E-state index contributed by atoms with van der Waals surface area (Å²) in [6.07, 6.45) is 0.615. The summed E-state index contributed by atoms with van der Waals surface area (Å²) in [6, 6.07) is 3.19. The molecular formula is C15H22FNO2. The van der Waals surface area contributed by atoms with Gasteiger partial charge in [-0.05, 0) is 42.4 Å². The Bertz CT molecular complexity index is 460. The molecule has 0 aliphatic carbocycles. The summed E-state index contributed by atoms with van der Waals surface area (Å²) < 4.78 is 13.6. The minimum atomic E-state index is -0.830. The van der Waals surface area contributed by atoms with Crippen LogP contribution in [0.5, 0.6) is 0 Å². The van der Waals surface area contributed by atoms with Gasteiger partial charge in [0, 0.05) is 6.04 Å². The number of benzene rings is 1. The minimum absolute atomic E-state index is 0.0693. The molecule has 0 aromatic heterocycles. The van der Waals surface area contributed by atoms with Crippen molar-refractivity contribution in [2.75, 3.05) is 0 Å². The van der Waals surface area contributed by atoms with Gasteiger partial charge in [-0.25, -0.2) is 4.39 Å². The monoisotopic (exact) mass is 267 g/mol. The summed E-state index contributed by atoms with van der Waals surface area (Å²) in [5.74, 6) is -1.04. The highest BCUT2D eigenvalue weighted by molar-refractivity contribution is 5.67. The summed E-state index contributed by atoms with van der Waals surface area (Å²) in [7, 11) is 0. The number of carboxylic acid groups (broad SMARTS) is 1. The van der Waals surface area contributed by atoms with Gasteiger partial charge >= 0.3 is 5.97 Å². The first-order valence-corrected chi connectivity index (χ1v) is 6.36. The molecule has 0 spiro atoms. The van der Waals surface area contributed by atoms with Crippen molar-refractivity contribution in [3.8, 4) is 0 Å². The van der Waals surface area contributed by atoms with Gasteiger partial charge in [0.1, 0.15) is 5.82 Å². The average Bonchev–Trinajstić information content (AvgIpc) is 2.22. The van der Waals surface area contributed by atoms with Crippen LogP contribution in [-0.4, -0.2) is 11.1 Å². The summed E-state index contributed by atoms with van der Waals surface area (Å²) in [4.78, 5) is 10.8. The lowest BCUT2D eigenvalue weighted by molar-refractivity contribution is -0.139. The van der Waals surface area contributed by atoms with Crippen LogP contribution in [0.15, 0.2) is 12.1 Å². The van der Waals surface area contributed by atoms with Crippen LogP contribution in [-0.2, 0) is 4.79 Å². The maximum Gasteiger partial charge on any atom is 0.303 e. The van der Waals surface area contributed by atoms with Gasteiger partial charge in [0.2, 0.25) is 0 Å². The van der Waals surface area contributed by atoms with E-state index in [4.69, 9.17) is 10.8 Å². The van der Waals surface area contributed by atoms with Crippen molar-refractivity contribution < 1.29 is 14.3 Å². The SMILES string of the molecule is Cc1cc(C(N)CC(C)(C)CC(=O)O)cc(C)c1F. The molecule has 1 unspecified atom stereocenters. The number of hydrogen-bond acceptors (Lipinski definition) is 2. The molecule has 3 N–H and O–H groups in total. The van der Waals surface area contributed by atoms with E-state index in [-0.39, 0.29) is 23.7 Å². The molecule has 1 atom stereocenters. The molecule has 0 aliphatic heterocycles. The van der Waals surface area contributed by atoms with Crippen LogP contribution in [0.1, 0.15) is 49.4 Å². The number of rotatable bonds is 5. The Morgan fingerprint density at radius 1 is 1.37 bits per heavy atom. The van der Waals surface area contributed by atoms with E-state index in [9.17, 15) is 9.18 Å². The summed E-state index contributed by atoms with van der Waals surface area (Å²) >= 11 is 0. The second kappa shape index (κ2) is 5.70. The van der Waals surface area contributed by atoms with Crippen molar-refractivity contribution in [2.45, 2.75) is 46.6 Å². The lowest BCUT2D eigenvalue weighted by Crippen LogP contribution is -2.24. The zero-order valence-electron chi connectivity index (χ0n) is 12.0. The molecule has 0 saturated heterocycles. The van der Waals surface area contributed by atoms with Gasteiger partial charge in [-0.1, -0.05) is 26.0 Å². The Hall–Kier alpha value is -1.42. The van der Waals surface area contributed by atoms with Crippen LogP contribution in [0.2, 0.25) is 0 Å². The third-order valence-corrected chi connectivity index (χ3v) is 3.29. The predicted octanol–water partition coefficient (Wildman–Crippen LogP) is 3.33. The van der Waals surface area contributed by atoms with E-state index in [0.29, 0.717) is 17.5 Å². The van der Waals surface area contributed by atoms with Crippen LogP contribution in [0, 0.1) is 25.1 Å². The van der Waals surface area contributed by atoms with Crippen LogP contribution >= 0.6 is 0 Å². The quantitative estimate of drug-likeness (QED) is 0.860. The van der Waals surface area contributed by atoms with E-state index >= 15 is 0 Å². The number of carboxylic acids is 1. The van der Waals surface area contributed by atoms with E-state index in [0.717, 1.165) is 5.56 Å². The Labute approximate surface area is 113 Å². The van der Waals surface area contributed by atoms with Crippen molar-refractivity contribution in [3.63, 3.8) is 0 Å². The lowest BCUT2D eigenvalue weighted by Gasteiger charge is -2.27. The maximum atomic E-state index is 13.6. The molecule has 1 aromatic rings. The normalized spacial score (nSPS) is 13.4. The van der Waals surface area contributed by atoms with Crippen molar-refractivity contribution in [2.24, 2.45) is 11.1 Å². The van der Waals surface area contributed by atoms with Crippen LogP contribution in [0.25, 0.3) is 0 Å². The fourth-order valence-corrected chi connectivity index (χ4v) is 2.39. The molecule has 0 aliphatic rings. The number of hydrogen-bond donors (Lipinski definition) is 2. The first kappa shape index (κ1) is 15.6. The molecule has 1 aromatic carbocycles. The second-order valence-electron chi connectivity index (χ2n) is 6.01. The zero-order chi connectivity index (χ0) is 14.8. The Morgan fingerprint density at radius 2 is 1.84 bits per heavy atom. The lowest BCUT2D eigenvalue weighted by atomic mass is 9.81. The highest BCUT2D eigenvalue weighted by Crippen LogP contribution is 2.32. The van der Waals surface area contributed by atoms with Crippen molar-refractivity contribution in [1.82, 2.24) is 0 Å². The highest BCUT2D eigenvalue weighted by atomic mass is 19.1. The molecule has 0 heterocycles. The fourth-order valence-electron chi connectivity index (χ4n) is 2.39. The third kappa shape index (κ3) is 4.31. The Morgan fingerprint density at radius 3 is 2.26 bits per heavy atom. The van der Waals surface area contributed by atoms with E-state index in [1.165, 1.54) is 0 Å². The molecule has 0 saturated carbocycles. The molecule has 19 heavy (non-hydrogen) atoms. The van der Waals surface area contributed by atoms with Gasteiger partial charge in [-0.2, -0.15) is 0 Å². The Balaban J connectivity index is 2.89. The van der Waals surface area contributed by atoms with Gasteiger partial charge in [0.05, 0.1) is 6.42 Å². The van der Waals surface area contributed by atoms with E-state index in [2.05, 4.69) is 0 Å². The fraction of sp³-hybridized carbons (Fsp3) is 0.533. The summed E-state index contributed by atoms with van der Waals surface area (Å²) in [5.41, 5.74) is 7.74. The maximum absolute atomic E-state index is 13.6. The molecule has 1 rings (SSSR count). The summed E-state index contributed by atoms with van der Waals surface area (Å²) in [6.45, 7) is 7.18. The summed E-state index contributed by atoms with van der Waals surface area (Å²) in [5, 5.41) is 8.87. The van der Waals surface area contributed by atoms with Gasteiger partial charge in [-0.3, -0.25) is 4.79 Å². The molecule has 0 fully saturated rings. The number of aryl methyl sites for hydroxylation is 2. The van der Waals surface area contributed by atoms with E-state index in [1.54, 1.807) is 26.0 Å². The van der Waals surface area contributed by atoms with Crippen molar-refractivity contribution in [3.05, 3.63) is 34.6 Å². The Kier molecular flexibility index (Phi) is 4.69. The number of halogens is 1. The smallest absolute Gasteiger partial charge is 0.303 e. The van der Waals surface area contributed by atoms with Crippen molar-refractivity contribution >= 4 is 5.97 Å². The van der Waals surface area contributed by atoms with Gasteiger partial charge in [-0.15, -0.1) is 0 Å². The average molecular weight is 267 g/mol. The minimum Gasteiger partial charge on any atom is -0.481 e. The van der Waals surface area contributed by atoms with Crippen LogP contribution in [0.4, 0.5) is 4.39 Å². The topological polar surface area (TPSA) is 63.3 Å². The first-order chi connectivity index (χ1) is 8.62. The molecular weight excluding hydrogens is 245 g/mol. The number of aliphatic carboxylic acids is 1. The molecule has 0 amide bonds.